The highest BCUT2D eigenvalue weighted by Gasteiger charge is 2.41. The van der Waals surface area contributed by atoms with Gasteiger partial charge in [-0.05, 0) is 36.1 Å². The first-order valence-electron chi connectivity index (χ1n) is 8.71. The Hall–Kier alpha value is -3.64. The summed E-state index contributed by atoms with van der Waals surface area (Å²) >= 11 is 0. The molecule has 0 saturated heterocycles. The summed E-state index contributed by atoms with van der Waals surface area (Å²) < 4.78 is 52.0. The van der Waals surface area contributed by atoms with Crippen LogP contribution in [0.25, 0.3) is 0 Å². The molecule has 1 aliphatic rings. The fourth-order valence-electron chi connectivity index (χ4n) is 3.09. The molecule has 0 fully saturated rings. The summed E-state index contributed by atoms with van der Waals surface area (Å²) in [4.78, 5) is 14.0. The first kappa shape index (κ1) is 19.7. The van der Waals surface area contributed by atoms with Gasteiger partial charge in [-0.3, -0.25) is 4.57 Å². The van der Waals surface area contributed by atoms with Gasteiger partial charge in [-0.25, -0.2) is 4.68 Å². The van der Waals surface area contributed by atoms with E-state index < -0.39 is 22.3 Å². The maximum Gasteiger partial charge on any atom is 0.416 e. The minimum Gasteiger partial charge on any atom is -0.487 e. The third-order valence-electron chi connectivity index (χ3n) is 4.41. The van der Waals surface area contributed by atoms with Crippen molar-refractivity contribution >= 4 is 5.82 Å². The predicted molar refractivity (Wildman–Crippen MR) is 93.7 cm³/mol. The first-order valence-corrected chi connectivity index (χ1v) is 8.71. The molecule has 4 rings (SSSR count). The molecule has 158 valence electrons. The largest absolute Gasteiger partial charge is 0.487 e. The van der Waals surface area contributed by atoms with E-state index in [9.17, 15) is 23.3 Å². The Balaban J connectivity index is 1.34. The quantitative estimate of drug-likeness (QED) is 0.442. The molecule has 0 bridgehead atoms. The lowest BCUT2D eigenvalue weighted by molar-refractivity contribution is -0.389. The van der Waals surface area contributed by atoms with Crippen LogP contribution in [0.2, 0.25) is 0 Å². The van der Waals surface area contributed by atoms with E-state index in [1.807, 2.05) is 6.92 Å². The molecule has 10 nitrogen and oxygen atoms in total. The number of nitro groups is 1. The third-order valence-corrected chi connectivity index (χ3v) is 4.41. The second kappa shape index (κ2) is 7.00. The summed E-state index contributed by atoms with van der Waals surface area (Å²) in [6, 6.07) is 4.52. The number of imidazole rings is 1. The van der Waals surface area contributed by atoms with Gasteiger partial charge in [-0.1, -0.05) is 5.21 Å². The predicted octanol–water partition coefficient (Wildman–Crippen LogP) is 2.83. The Bertz CT molecular complexity index is 1050. The molecule has 0 saturated carbocycles. The molecule has 1 atom stereocenters. The van der Waals surface area contributed by atoms with Gasteiger partial charge in [0.05, 0.1) is 24.8 Å². The SMILES string of the molecule is CC1(Cn2cc(COc3ccc(C(F)(F)F)cc3)nn2)Cn2cc([N+](=O)[O-])nc2O1. The molecule has 0 radical (unpaired) electrons. The molecule has 0 amide bonds. The Labute approximate surface area is 167 Å². The Morgan fingerprint density at radius 3 is 2.67 bits per heavy atom. The Morgan fingerprint density at radius 1 is 1.30 bits per heavy atom. The van der Waals surface area contributed by atoms with Gasteiger partial charge in [-0.15, -0.1) is 5.10 Å². The van der Waals surface area contributed by atoms with Crippen molar-refractivity contribution in [1.82, 2.24) is 24.5 Å². The molecule has 3 heterocycles. The number of benzene rings is 1. The van der Waals surface area contributed by atoms with Gasteiger partial charge in [-0.2, -0.15) is 13.2 Å². The summed E-state index contributed by atoms with van der Waals surface area (Å²) in [6.45, 7) is 2.49. The standard InChI is InChI=1S/C17H15F3N6O4/c1-16(9-24-7-14(26(27)28)21-15(24)30-16)10-25-6-12(22-23-25)8-29-13-4-2-11(3-5-13)17(18,19)20/h2-7H,8-10H2,1H3. The van der Waals surface area contributed by atoms with Crippen LogP contribution in [0.3, 0.4) is 0 Å². The van der Waals surface area contributed by atoms with E-state index in [-0.39, 0.29) is 24.2 Å². The summed E-state index contributed by atoms with van der Waals surface area (Å²) in [5.41, 5.74) is -1.00. The zero-order chi connectivity index (χ0) is 21.5. The second-order valence-electron chi connectivity index (χ2n) is 7.04. The van der Waals surface area contributed by atoms with Crippen molar-refractivity contribution in [1.29, 1.82) is 0 Å². The molecular weight excluding hydrogens is 409 g/mol. The van der Waals surface area contributed by atoms with Gasteiger partial charge in [0.2, 0.25) is 0 Å². The Kier molecular flexibility index (Phi) is 4.59. The minimum atomic E-state index is -4.40. The van der Waals surface area contributed by atoms with Gasteiger partial charge in [0.25, 0.3) is 0 Å². The van der Waals surface area contributed by atoms with E-state index in [1.54, 1.807) is 10.8 Å². The highest BCUT2D eigenvalue weighted by Crippen LogP contribution is 2.32. The number of halogens is 3. The fraction of sp³-hybridized carbons (Fsp3) is 0.353. The van der Waals surface area contributed by atoms with Crippen LogP contribution >= 0.6 is 0 Å². The van der Waals surface area contributed by atoms with Crippen LogP contribution in [0.4, 0.5) is 19.0 Å². The van der Waals surface area contributed by atoms with Crippen molar-refractivity contribution in [2.24, 2.45) is 0 Å². The van der Waals surface area contributed by atoms with Gasteiger partial charge in [0, 0.05) is 4.98 Å². The van der Waals surface area contributed by atoms with Crippen molar-refractivity contribution in [3.63, 3.8) is 0 Å². The Morgan fingerprint density at radius 2 is 2.03 bits per heavy atom. The first-order chi connectivity index (χ1) is 14.1. The van der Waals surface area contributed by atoms with Crippen LogP contribution < -0.4 is 9.47 Å². The summed E-state index contributed by atoms with van der Waals surface area (Å²) in [5.74, 6) is -0.00818. The van der Waals surface area contributed by atoms with E-state index in [2.05, 4.69) is 15.3 Å². The lowest BCUT2D eigenvalue weighted by Gasteiger charge is -2.21. The van der Waals surface area contributed by atoms with Crippen LogP contribution in [0.15, 0.2) is 36.7 Å². The zero-order valence-corrected chi connectivity index (χ0v) is 15.5. The number of nitrogens with zero attached hydrogens (tertiary/aromatic N) is 6. The number of hydrogen-bond acceptors (Lipinski definition) is 7. The maximum atomic E-state index is 12.6. The molecule has 3 aromatic rings. The number of hydrogen-bond donors (Lipinski definition) is 0. The van der Waals surface area contributed by atoms with Gasteiger partial charge in [0.15, 0.2) is 0 Å². The normalized spacial score (nSPS) is 18.1. The smallest absolute Gasteiger partial charge is 0.416 e. The van der Waals surface area contributed by atoms with Crippen molar-refractivity contribution in [2.75, 3.05) is 0 Å². The molecule has 1 aliphatic heterocycles. The average Bonchev–Trinajstić information content (AvgIpc) is 3.33. The van der Waals surface area contributed by atoms with Gasteiger partial charge in [0.1, 0.15) is 29.8 Å². The van der Waals surface area contributed by atoms with E-state index in [0.29, 0.717) is 18.8 Å². The van der Waals surface area contributed by atoms with E-state index in [4.69, 9.17) is 9.47 Å². The van der Waals surface area contributed by atoms with Crippen LogP contribution in [-0.2, 0) is 25.9 Å². The highest BCUT2D eigenvalue weighted by atomic mass is 19.4. The van der Waals surface area contributed by atoms with Crippen LogP contribution in [0.5, 0.6) is 11.8 Å². The fourth-order valence-corrected chi connectivity index (χ4v) is 3.09. The summed E-state index contributed by atoms with van der Waals surface area (Å²) in [7, 11) is 0. The minimum absolute atomic E-state index is 0.0245. The summed E-state index contributed by atoms with van der Waals surface area (Å²) in [6.07, 6.45) is -1.46. The van der Waals surface area contributed by atoms with Crippen LogP contribution in [-0.4, -0.2) is 35.1 Å². The van der Waals surface area contributed by atoms with Crippen LogP contribution in [0, 0.1) is 10.1 Å². The van der Waals surface area contributed by atoms with Crippen molar-refractivity contribution in [2.45, 2.75) is 38.4 Å². The van der Waals surface area contributed by atoms with Crippen molar-refractivity contribution in [3.8, 4) is 11.8 Å². The van der Waals surface area contributed by atoms with E-state index in [1.165, 1.54) is 23.0 Å². The van der Waals surface area contributed by atoms with E-state index >= 15 is 0 Å². The average molecular weight is 424 g/mol. The molecule has 13 heteroatoms. The van der Waals surface area contributed by atoms with E-state index in [0.717, 1.165) is 12.1 Å². The maximum absolute atomic E-state index is 12.6. The molecule has 0 aliphatic carbocycles. The highest BCUT2D eigenvalue weighted by molar-refractivity contribution is 5.29. The molecule has 2 aromatic heterocycles. The molecule has 30 heavy (non-hydrogen) atoms. The molecule has 0 spiro atoms. The molecule has 1 unspecified atom stereocenters. The molecule has 1 aromatic carbocycles. The number of ether oxygens (including phenoxy) is 2. The number of alkyl halides is 3. The molecular formula is C17H15F3N6O4. The number of fused-ring (bicyclic) bond motifs is 1. The lowest BCUT2D eigenvalue weighted by atomic mass is 10.1. The van der Waals surface area contributed by atoms with Crippen LogP contribution in [0.1, 0.15) is 18.2 Å². The van der Waals surface area contributed by atoms with Crippen molar-refractivity contribution < 1.29 is 27.6 Å². The van der Waals surface area contributed by atoms with Gasteiger partial charge >= 0.3 is 18.0 Å². The summed E-state index contributed by atoms with van der Waals surface area (Å²) in [5, 5.41) is 18.7. The van der Waals surface area contributed by atoms with Crippen molar-refractivity contribution in [3.05, 3.63) is 58.0 Å². The zero-order valence-electron chi connectivity index (χ0n) is 15.5. The third kappa shape index (κ3) is 4.04. The monoisotopic (exact) mass is 424 g/mol. The lowest BCUT2D eigenvalue weighted by Crippen LogP contribution is -2.36. The second-order valence-corrected chi connectivity index (χ2v) is 7.04. The van der Waals surface area contributed by atoms with Gasteiger partial charge < -0.3 is 19.6 Å². The molecule has 0 N–H and O–H groups in total. The number of aromatic nitrogens is 5. The number of rotatable bonds is 6. The topological polar surface area (TPSA) is 110 Å².